The molecule has 4 fully saturated rings. The molecule has 14 rings (SSSR count). The molecule has 4 saturated heterocycles. The lowest BCUT2D eigenvalue weighted by molar-refractivity contribution is 0.460. The maximum Gasteiger partial charge on any atom is 0.122 e. The largest absolute Gasteiger partial charge is 0.507 e. The summed E-state index contributed by atoms with van der Waals surface area (Å²) in [4.78, 5) is 10.5. The van der Waals surface area contributed by atoms with E-state index in [2.05, 4.69) is 283 Å². The van der Waals surface area contributed by atoms with Gasteiger partial charge in [-0.3, -0.25) is 0 Å². The molecule has 16 bridgehead atoms. The fraction of sp³-hybridized carbons (Fsp3) is 0.556. The van der Waals surface area contributed by atoms with Crippen molar-refractivity contribution in [3.8, 4) is 23.0 Å². The number of fused-ring (bicyclic) bond motifs is 16. The van der Waals surface area contributed by atoms with Crippen molar-refractivity contribution in [1.82, 2.24) is 0 Å². The molecule has 4 N–H and O–H groups in total. The second-order valence-electron chi connectivity index (χ2n) is 44.7. The molecule has 116 heavy (non-hydrogen) atoms. The highest BCUT2D eigenvalue weighted by molar-refractivity contribution is 5.72. The number of phenols is 4. The van der Waals surface area contributed by atoms with Gasteiger partial charge in [-0.2, -0.15) is 0 Å². The minimum atomic E-state index is -0.0920. The molecule has 8 heteroatoms. The van der Waals surface area contributed by atoms with Gasteiger partial charge in [-0.05, 0) is 254 Å². The number of piperidine rings is 4. The van der Waals surface area contributed by atoms with Gasteiger partial charge in [0, 0.05) is 126 Å². The maximum atomic E-state index is 12.7. The highest BCUT2D eigenvalue weighted by Gasteiger charge is 2.35. The second kappa shape index (κ2) is 32.7. The fourth-order valence-corrected chi connectivity index (χ4v) is 19.4. The molecule has 2 aliphatic carbocycles. The zero-order valence-corrected chi connectivity index (χ0v) is 76.6. The van der Waals surface area contributed by atoms with Gasteiger partial charge in [0.25, 0.3) is 0 Å². The van der Waals surface area contributed by atoms with Gasteiger partial charge >= 0.3 is 0 Å². The molecule has 8 nitrogen and oxygen atoms in total. The summed E-state index contributed by atoms with van der Waals surface area (Å²) in [5, 5.41) is 50.6. The molecule has 0 spiro atoms. The van der Waals surface area contributed by atoms with Gasteiger partial charge in [0.15, 0.2) is 0 Å². The van der Waals surface area contributed by atoms with Crippen molar-refractivity contribution in [3.05, 3.63) is 231 Å². The number of rotatable bonds is 4. The Balaban J connectivity index is 0.000000202. The number of hydrogen-bond donors (Lipinski definition) is 4. The van der Waals surface area contributed by atoms with Gasteiger partial charge < -0.3 is 40.0 Å². The highest BCUT2D eigenvalue weighted by atomic mass is 16.3. The van der Waals surface area contributed by atoms with Gasteiger partial charge in [0.05, 0.1) is 0 Å². The van der Waals surface area contributed by atoms with E-state index in [4.69, 9.17) is 0 Å². The van der Waals surface area contributed by atoms with Crippen molar-refractivity contribution >= 4 is 22.7 Å². The minimum Gasteiger partial charge on any atom is -0.507 e. The van der Waals surface area contributed by atoms with Gasteiger partial charge in [-0.15, -0.1) is 0 Å². The minimum absolute atomic E-state index is 0.0793. The molecular formula is C108H148N4O4. The van der Waals surface area contributed by atoms with Crippen molar-refractivity contribution in [2.24, 2.45) is 0 Å². The monoisotopic (exact) mass is 1570 g/mol. The summed E-state index contributed by atoms with van der Waals surface area (Å²) in [6.45, 7) is 63.6. The average Bonchev–Trinajstić information content (AvgIpc) is 0.760. The normalized spacial score (nSPS) is 17.1. The van der Waals surface area contributed by atoms with Crippen LogP contribution in [-0.2, 0) is 94.7 Å². The molecule has 4 heterocycles. The first-order valence-corrected chi connectivity index (χ1v) is 45.2. The first kappa shape index (κ1) is 86.0. The number of hydrogen-bond acceptors (Lipinski definition) is 8. The van der Waals surface area contributed by atoms with Crippen LogP contribution >= 0.6 is 0 Å². The molecule has 0 unspecified atom stereocenters. The van der Waals surface area contributed by atoms with E-state index in [1.807, 2.05) is 0 Å². The lowest BCUT2D eigenvalue weighted by Crippen LogP contribution is -2.32. The maximum absolute atomic E-state index is 12.7. The quantitative estimate of drug-likeness (QED) is 0.138. The van der Waals surface area contributed by atoms with E-state index in [0.29, 0.717) is 74.4 Å². The topological polar surface area (TPSA) is 93.9 Å². The molecule has 6 aliphatic rings. The Kier molecular flexibility index (Phi) is 24.3. The molecule has 0 atom stereocenters. The van der Waals surface area contributed by atoms with E-state index in [-0.39, 0.29) is 43.3 Å². The van der Waals surface area contributed by atoms with E-state index < -0.39 is 0 Å². The summed E-state index contributed by atoms with van der Waals surface area (Å²) in [7, 11) is 0. The summed E-state index contributed by atoms with van der Waals surface area (Å²) >= 11 is 0. The van der Waals surface area contributed by atoms with Crippen LogP contribution in [0.1, 0.15) is 377 Å². The lowest BCUT2D eigenvalue weighted by Gasteiger charge is -2.35. The van der Waals surface area contributed by atoms with Crippen LogP contribution in [0.25, 0.3) is 0 Å². The zero-order valence-electron chi connectivity index (χ0n) is 76.6. The average molecular weight is 1570 g/mol. The van der Waals surface area contributed by atoms with E-state index >= 15 is 0 Å². The third kappa shape index (κ3) is 19.1. The van der Waals surface area contributed by atoms with Crippen LogP contribution in [0, 0.1) is 0 Å². The molecule has 8 aromatic carbocycles. The Labute approximate surface area is 702 Å². The first-order chi connectivity index (χ1) is 54.1. The second-order valence-corrected chi connectivity index (χ2v) is 44.7. The molecule has 8 aromatic rings. The molecule has 0 radical (unpaired) electrons. The number of anilines is 4. The standard InChI is InChI=1S/2C54H74N2O2/c2*1-51(2,3)43-27-35-23-39-31-45(53(7,8)9)33-41(49(39)57)25-37-29-44(52(4,5)6)30-38(48(37)56-21-17-14-18-22-56)26-42-34-46(54(10,11)12)32-40(50(42)58)24-36(28-43)47(35)55-19-15-13-16-20-55/h2*27-34,57-58H,13-26H2,1-12H3. The Bertz CT molecular complexity index is 4110. The molecular weight excluding hydrogens is 1420 g/mol. The summed E-state index contributed by atoms with van der Waals surface area (Å²) in [5.74, 6) is 1.77. The van der Waals surface area contributed by atoms with Gasteiger partial charge in [-0.1, -0.05) is 263 Å². The van der Waals surface area contributed by atoms with Crippen molar-refractivity contribution in [1.29, 1.82) is 0 Å². The van der Waals surface area contributed by atoms with Crippen molar-refractivity contribution in [2.75, 3.05) is 72.0 Å². The van der Waals surface area contributed by atoms with Crippen LogP contribution in [0.3, 0.4) is 0 Å². The molecule has 0 amide bonds. The van der Waals surface area contributed by atoms with Crippen molar-refractivity contribution in [2.45, 2.75) is 338 Å². The Morgan fingerprint density at radius 1 is 0.164 bits per heavy atom. The molecule has 0 saturated carbocycles. The Morgan fingerprint density at radius 2 is 0.267 bits per heavy atom. The third-order valence-electron chi connectivity index (χ3n) is 26.8. The van der Waals surface area contributed by atoms with Crippen LogP contribution in [0.15, 0.2) is 97.1 Å². The number of nitrogens with zero attached hydrogens (tertiary/aromatic N) is 4. The Morgan fingerprint density at radius 3 is 0.371 bits per heavy atom. The van der Waals surface area contributed by atoms with Gasteiger partial charge in [0.1, 0.15) is 23.0 Å². The van der Waals surface area contributed by atoms with Crippen LogP contribution in [-0.4, -0.2) is 72.8 Å². The Hall–Kier alpha value is -7.84. The van der Waals surface area contributed by atoms with Crippen molar-refractivity contribution in [3.63, 3.8) is 0 Å². The van der Waals surface area contributed by atoms with Gasteiger partial charge in [-0.25, -0.2) is 0 Å². The van der Waals surface area contributed by atoms with Crippen LogP contribution in [0.2, 0.25) is 0 Å². The van der Waals surface area contributed by atoms with Crippen LogP contribution in [0.4, 0.5) is 22.7 Å². The summed E-state index contributed by atoms with van der Waals surface area (Å²) in [6, 6.07) is 38.0. The summed E-state index contributed by atoms with van der Waals surface area (Å²) in [5.41, 5.74) is 33.1. The zero-order chi connectivity index (χ0) is 83.9. The van der Waals surface area contributed by atoms with E-state index in [1.54, 1.807) is 0 Å². The number of phenolic OH excluding ortho intramolecular Hbond substituents is 4. The van der Waals surface area contributed by atoms with E-state index in [0.717, 1.165) is 96.9 Å². The van der Waals surface area contributed by atoms with Crippen molar-refractivity contribution < 1.29 is 20.4 Å². The summed E-state index contributed by atoms with van der Waals surface area (Å²) < 4.78 is 0. The van der Waals surface area contributed by atoms with Crippen LogP contribution in [0.5, 0.6) is 23.0 Å². The fourth-order valence-electron chi connectivity index (χ4n) is 19.4. The highest BCUT2D eigenvalue weighted by Crippen LogP contribution is 2.49. The first-order valence-electron chi connectivity index (χ1n) is 45.2. The lowest BCUT2D eigenvalue weighted by atomic mass is 9.78. The van der Waals surface area contributed by atoms with Crippen LogP contribution < -0.4 is 19.6 Å². The SMILES string of the molecule is CC(C)(C)c1cc2c(O)c(c1)Cc1cc(C(C)(C)C)cc(c1N1CCCCC1)Cc1cc(C(C)(C)C)cc(c1O)Cc1cc(C(C)(C)C)cc(c1N1CCCCC1)C2.CC(C)(C)c1cc2c(O)c(c1)Cc1cc(C(C)(C)C)cc(c1N1CCCCC1)Cc1cc(C(C)(C)C)cc(c1O)Cc1cc(C(C)(C)C)cc(c1N1CCCCC1)C2. The van der Waals surface area contributed by atoms with E-state index in [9.17, 15) is 20.4 Å². The molecule has 0 aromatic heterocycles. The number of aromatic hydroxyl groups is 4. The predicted molar refractivity (Wildman–Crippen MR) is 494 cm³/mol. The smallest absolute Gasteiger partial charge is 0.122 e. The van der Waals surface area contributed by atoms with E-state index in [1.165, 1.54) is 189 Å². The third-order valence-corrected chi connectivity index (χ3v) is 26.8. The predicted octanol–water partition coefficient (Wildman–Crippen LogP) is 25.9. The van der Waals surface area contributed by atoms with Gasteiger partial charge in [0.2, 0.25) is 0 Å². The molecule has 624 valence electrons. The number of benzene rings is 8. The summed E-state index contributed by atoms with van der Waals surface area (Å²) in [6.07, 6.45) is 19.7. The molecule has 4 aliphatic heterocycles.